The van der Waals surface area contributed by atoms with Crippen molar-refractivity contribution < 1.29 is 4.79 Å². The van der Waals surface area contributed by atoms with Crippen LogP contribution in [-0.4, -0.2) is 17.1 Å². The Morgan fingerprint density at radius 1 is 0.882 bits per heavy atom. The van der Waals surface area contributed by atoms with E-state index in [2.05, 4.69) is 23.3 Å². The van der Waals surface area contributed by atoms with Crippen LogP contribution in [-0.2, 0) is 6.42 Å². The van der Waals surface area contributed by atoms with Gasteiger partial charge >= 0.3 is 0 Å². The molecule has 0 spiro atoms. The highest BCUT2D eigenvalue weighted by Crippen LogP contribution is 2.31. The third-order valence-corrected chi connectivity index (χ3v) is 6.47. The van der Waals surface area contributed by atoms with Gasteiger partial charge in [0.05, 0.1) is 16.4 Å². The van der Waals surface area contributed by atoms with E-state index in [4.69, 9.17) is 4.98 Å². The van der Waals surface area contributed by atoms with Crippen LogP contribution in [0.2, 0.25) is 0 Å². The summed E-state index contributed by atoms with van der Waals surface area (Å²) in [6, 6.07) is 33.9. The number of carbonyl (C=O) groups excluding carboxylic acids is 1. The van der Waals surface area contributed by atoms with Gasteiger partial charge in [0.2, 0.25) is 5.13 Å². The molecule has 4 aromatic carbocycles. The molecule has 5 rings (SSSR count). The Bertz CT molecular complexity index is 1440. The predicted octanol–water partition coefficient (Wildman–Crippen LogP) is 6.88. The number of anilines is 1. The van der Waals surface area contributed by atoms with Crippen LogP contribution in [0.25, 0.3) is 10.2 Å². The number of fused-ring (bicyclic) bond motifs is 1. The van der Waals surface area contributed by atoms with Crippen LogP contribution < -0.4 is 5.01 Å². The lowest BCUT2D eigenvalue weighted by Crippen LogP contribution is -2.25. The summed E-state index contributed by atoms with van der Waals surface area (Å²) >= 11 is 1.46. The zero-order chi connectivity index (χ0) is 23.3. The topological polar surface area (TPSA) is 45.6 Å². The highest BCUT2D eigenvalue weighted by Gasteiger charge is 2.21. The Hall–Kier alpha value is -4.09. The molecular formula is C29H23N3OS. The Kier molecular flexibility index (Phi) is 6.27. The monoisotopic (exact) mass is 461 g/mol. The average molecular weight is 462 g/mol. The Morgan fingerprint density at radius 2 is 1.56 bits per heavy atom. The van der Waals surface area contributed by atoms with E-state index in [1.54, 1.807) is 6.21 Å². The molecule has 5 aromatic rings. The minimum absolute atomic E-state index is 0.214. The second kappa shape index (κ2) is 9.81. The number of rotatable bonds is 6. The van der Waals surface area contributed by atoms with Gasteiger partial charge in [-0.2, -0.15) is 10.1 Å². The van der Waals surface area contributed by atoms with E-state index in [-0.39, 0.29) is 5.91 Å². The van der Waals surface area contributed by atoms with Gasteiger partial charge in [0, 0.05) is 5.56 Å². The molecule has 0 N–H and O–H groups in total. The first-order valence-electron chi connectivity index (χ1n) is 11.1. The maximum Gasteiger partial charge on any atom is 0.280 e. The van der Waals surface area contributed by atoms with Crippen molar-refractivity contribution >= 4 is 38.8 Å². The van der Waals surface area contributed by atoms with E-state index in [0.29, 0.717) is 10.7 Å². The minimum atomic E-state index is -0.214. The SMILES string of the molecule is Cc1ccc2nc(N(/N=C/c3ccccc3)C(=O)c3ccc(Cc4ccccc4)cc3)sc2c1. The van der Waals surface area contributed by atoms with Crippen molar-refractivity contribution in [1.82, 2.24) is 4.98 Å². The third kappa shape index (κ3) is 4.95. The lowest BCUT2D eigenvalue weighted by Gasteiger charge is -2.14. The molecule has 0 radical (unpaired) electrons. The zero-order valence-corrected chi connectivity index (χ0v) is 19.6. The molecule has 0 bridgehead atoms. The van der Waals surface area contributed by atoms with Gasteiger partial charge in [-0.15, -0.1) is 0 Å². The minimum Gasteiger partial charge on any atom is -0.267 e. The first-order valence-corrected chi connectivity index (χ1v) is 11.9. The van der Waals surface area contributed by atoms with Gasteiger partial charge in [-0.05, 0) is 59.9 Å². The number of amides is 1. The van der Waals surface area contributed by atoms with Crippen molar-refractivity contribution in [2.45, 2.75) is 13.3 Å². The summed E-state index contributed by atoms with van der Waals surface area (Å²) in [4.78, 5) is 18.3. The summed E-state index contributed by atoms with van der Waals surface area (Å²) in [6.45, 7) is 2.05. The molecule has 0 aliphatic carbocycles. The number of hydrogen-bond donors (Lipinski definition) is 0. The third-order valence-electron chi connectivity index (χ3n) is 5.48. The zero-order valence-electron chi connectivity index (χ0n) is 18.8. The molecule has 0 saturated carbocycles. The highest BCUT2D eigenvalue weighted by atomic mass is 32.1. The van der Waals surface area contributed by atoms with Crippen molar-refractivity contribution in [3.63, 3.8) is 0 Å². The number of nitrogens with zero attached hydrogens (tertiary/aromatic N) is 3. The van der Waals surface area contributed by atoms with Gasteiger partial charge in [-0.1, -0.05) is 90.2 Å². The summed E-state index contributed by atoms with van der Waals surface area (Å²) in [7, 11) is 0. The second-order valence-electron chi connectivity index (χ2n) is 8.10. The van der Waals surface area contributed by atoms with Gasteiger partial charge in [0.1, 0.15) is 0 Å². The molecule has 0 aliphatic rings. The molecule has 1 amide bonds. The Balaban J connectivity index is 1.46. The smallest absolute Gasteiger partial charge is 0.267 e. The van der Waals surface area contributed by atoms with Crippen LogP contribution in [0.5, 0.6) is 0 Å². The van der Waals surface area contributed by atoms with E-state index >= 15 is 0 Å². The van der Waals surface area contributed by atoms with Crippen molar-refractivity contribution in [1.29, 1.82) is 0 Å². The number of carbonyl (C=O) groups is 1. The van der Waals surface area contributed by atoms with Crippen molar-refractivity contribution in [3.8, 4) is 0 Å². The number of benzene rings is 4. The maximum atomic E-state index is 13.6. The first-order chi connectivity index (χ1) is 16.7. The molecule has 0 fully saturated rings. The fourth-order valence-electron chi connectivity index (χ4n) is 3.68. The quantitative estimate of drug-likeness (QED) is 0.204. The molecule has 166 valence electrons. The number of hydrogen-bond acceptors (Lipinski definition) is 4. The van der Waals surface area contributed by atoms with Gasteiger partial charge in [0.25, 0.3) is 5.91 Å². The van der Waals surface area contributed by atoms with Gasteiger partial charge in [-0.3, -0.25) is 4.79 Å². The van der Waals surface area contributed by atoms with E-state index in [1.165, 1.54) is 21.9 Å². The molecular weight excluding hydrogens is 438 g/mol. The first kappa shape index (κ1) is 21.7. The Morgan fingerprint density at radius 3 is 2.29 bits per heavy atom. The van der Waals surface area contributed by atoms with Crippen LogP contribution in [0.3, 0.4) is 0 Å². The van der Waals surface area contributed by atoms with Crippen LogP contribution in [0.15, 0.2) is 108 Å². The van der Waals surface area contributed by atoms with E-state index in [0.717, 1.165) is 33.3 Å². The van der Waals surface area contributed by atoms with Gasteiger partial charge in [-0.25, -0.2) is 4.98 Å². The van der Waals surface area contributed by atoms with E-state index in [1.807, 2.05) is 91.9 Å². The maximum absolute atomic E-state index is 13.6. The average Bonchev–Trinajstić information content (AvgIpc) is 3.28. The molecule has 1 heterocycles. The lowest BCUT2D eigenvalue weighted by atomic mass is 10.0. The summed E-state index contributed by atoms with van der Waals surface area (Å²) in [6.07, 6.45) is 2.52. The number of aryl methyl sites for hydroxylation is 1. The highest BCUT2D eigenvalue weighted by molar-refractivity contribution is 7.22. The summed E-state index contributed by atoms with van der Waals surface area (Å²) in [5.41, 5.74) is 5.88. The predicted molar refractivity (Wildman–Crippen MR) is 141 cm³/mol. The molecule has 4 nitrogen and oxygen atoms in total. The van der Waals surface area contributed by atoms with Crippen LogP contribution >= 0.6 is 11.3 Å². The van der Waals surface area contributed by atoms with Crippen molar-refractivity contribution in [3.05, 3.63) is 131 Å². The standard InChI is InChI=1S/C29H23N3OS/c1-21-12-17-26-27(18-21)34-29(31-26)32(30-20-24-10-6-3-7-11-24)28(33)25-15-13-23(14-16-25)19-22-8-4-2-5-9-22/h2-18,20H,19H2,1H3/b30-20+. The molecule has 34 heavy (non-hydrogen) atoms. The summed E-state index contributed by atoms with van der Waals surface area (Å²) < 4.78 is 1.03. The number of aromatic nitrogens is 1. The van der Waals surface area contributed by atoms with Crippen LogP contribution in [0.1, 0.15) is 32.6 Å². The van der Waals surface area contributed by atoms with Gasteiger partial charge < -0.3 is 0 Å². The van der Waals surface area contributed by atoms with Crippen molar-refractivity contribution in [2.75, 3.05) is 5.01 Å². The van der Waals surface area contributed by atoms with E-state index in [9.17, 15) is 4.79 Å². The summed E-state index contributed by atoms with van der Waals surface area (Å²) in [5, 5.41) is 6.50. The fourth-order valence-corrected chi connectivity index (χ4v) is 4.70. The van der Waals surface area contributed by atoms with Crippen LogP contribution in [0.4, 0.5) is 5.13 Å². The lowest BCUT2D eigenvalue weighted by molar-refractivity contribution is 0.0988. The van der Waals surface area contributed by atoms with Crippen molar-refractivity contribution in [2.24, 2.45) is 5.10 Å². The molecule has 0 unspecified atom stereocenters. The molecule has 5 heteroatoms. The summed E-state index contributed by atoms with van der Waals surface area (Å²) in [5.74, 6) is -0.214. The fraction of sp³-hybridized carbons (Fsp3) is 0.0690. The van der Waals surface area contributed by atoms with E-state index < -0.39 is 0 Å². The number of hydrazone groups is 1. The normalized spacial score (nSPS) is 11.2. The largest absolute Gasteiger partial charge is 0.280 e. The van der Waals surface area contributed by atoms with Gasteiger partial charge in [0.15, 0.2) is 0 Å². The molecule has 0 saturated heterocycles. The molecule has 1 aromatic heterocycles. The molecule has 0 atom stereocenters. The second-order valence-corrected chi connectivity index (χ2v) is 9.11. The van der Waals surface area contributed by atoms with Crippen LogP contribution in [0, 0.1) is 6.92 Å². The number of thiazole rings is 1. The Labute approximate surface area is 202 Å². The molecule has 0 aliphatic heterocycles.